The van der Waals surface area contributed by atoms with Gasteiger partial charge in [0.25, 0.3) is 0 Å². The molecule has 0 spiro atoms. The molecule has 156 valence electrons. The zero-order chi connectivity index (χ0) is 22.0. The van der Waals surface area contributed by atoms with Crippen molar-refractivity contribution in [1.82, 2.24) is 0 Å². The van der Waals surface area contributed by atoms with Gasteiger partial charge in [0.2, 0.25) is 5.78 Å². The second-order valence-corrected chi connectivity index (χ2v) is 6.88. The molecule has 0 radical (unpaired) electrons. The molecule has 1 aliphatic heterocycles. The lowest BCUT2D eigenvalue weighted by molar-refractivity contribution is 0.0728. The smallest absolute Gasteiger partial charge is 0.346 e. The minimum Gasteiger partial charge on any atom is -0.494 e. The number of carbonyl (C=O) groups excluding carboxylic acids is 2. The van der Waals surface area contributed by atoms with Gasteiger partial charge < -0.3 is 14.2 Å². The maximum Gasteiger partial charge on any atom is 0.346 e. The molecule has 4 rings (SSSR count). The first-order valence-corrected chi connectivity index (χ1v) is 9.75. The Balaban J connectivity index is 1.58. The summed E-state index contributed by atoms with van der Waals surface area (Å²) in [5, 5.41) is 0. The first kappa shape index (κ1) is 20.3. The van der Waals surface area contributed by atoms with E-state index < -0.39 is 11.8 Å². The third-order valence-electron chi connectivity index (χ3n) is 4.82. The average molecular weight is 418 g/mol. The molecule has 0 bridgehead atoms. The summed E-state index contributed by atoms with van der Waals surface area (Å²) in [4.78, 5) is 25.1. The van der Waals surface area contributed by atoms with Gasteiger partial charge in [-0.15, -0.1) is 0 Å². The minimum atomic E-state index is -0.823. The van der Waals surface area contributed by atoms with Gasteiger partial charge >= 0.3 is 5.97 Å². The van der Waals surface area contributed by atoms with E-state index in [2.05, 4.69) is 0 Å². The first-order valence-electron chi connectivity index (χ1n) is 9.75. The van der Waals surface area contributed by atoms with Crippen molar-refractivity contribution in [1.29, 1.82) is 0 Å². The van der Waals surface area contributed by atoms with Crippen molar-refractivity contribution in [3.63, 3.8) is 0 Å². The van der Waals surface area contributed by atoms with E-state index in [1.807, 2.05) is 31.2 Å². The summed E-state index contributed by atoms with van der Waals surface area (Å²) in [6.07, 6.45) is 1.64. The summed E-state index contributed by atoms with van der Waals surface area (Å²) in [7, 11) is 0. The molecule has 0 aromatic heterocycles. The van der Waals surface area contributed by atoms with Gasteiger partial charge in [-0.1, -0.05) is 24.3 Å². The van der Waals surface area contributed by atoms with E-state index in [4.69, 9.17) is 14.2 Å². The van der Waals surface area contributed by atoms with Crippen LogP contribution in [0.1, 0.15) is 38.8 Å². The van der Waals surface area contributed by atoms with E-state index >= 15 is 0 Å². The molecular weight excluding hydrogens is 399 g/mol. The highest BCUT2D eigenvalue weighted by atomic mass is 19.1. The highest BCUT2D eigenvalue weighted by Crippen LogP contribution is 2.39. The van der Waals surface area contributed by atoms with E-state index in [0.717, 1.165) is 11.3 Å². The molecule has 0 amide bonds. The second kappa shape index (κ2) is 8.44. The number of rotatable bonds is 5. The summed E-state index contributed by atoms with van der Waals surface area (Å²) in [6.45, 7) is 4.15. The Bertz CT molecular complexity index is 1200. The maximum atomic E-state index is 13.9. The summed E-state index contributed by atoms with van der Waals surface area (Å²) < 4.78 is 30.4. The second-order valence-electron chi connectivity index (χ2n) is 6.88. The highest BCUT2D eigenvalue weighted by Gasteiger charge is 2.30. The molecule has 0 unspecified atom stereocenters. The van der Waals surface area contributed by atoms with Gasteiger partial charge in [0.1, 0.15) is 23.1 Å². The van der Waals surface area contributed by atoms with Crippen molar-refractivity contribution < 1.29 is 28.2 Å². The SMILES string of the molecule is CCOc1ccc(/C=C2\Oc3c(ccc(OC(=O)c4ccccc4F)c3C)C2=O)cc1. The van der Waals surface area contributed by atoms with Crippen LogP contribution in [0, 0.1) is 12.7 Å². The van der Waals surface area contributed by atoms with Gasteiger partial charge in [-0.3, -0.25) is 4.79 Å². The van der Waals surface area contributed by atoms with E-state index in [1.54, 1.807) is 19.1 Å². The number of hydrogen-bond acceptors (Lipinski definition) is 5. The molecule has 0 saturated heterocycles. The van der Waals surface area contributed by atoms with Crippen LogP contribution in [-0.2, 0) is 0 Å². The van der Waals surface area contributed by atoms with Gasteiger partial charge in [-0.25, -0.2) is 9.18 Å². The Kier molecular flexibility index (Phi) is 5.54. The predicted octanol–water partition coefficient (Wildman–Crippen LogP) is 5.37. The van der Waals surface area contributed by atoms with Crippen molar-refractivity contribution in [2.45, 2.75) is 13.8 Å². The molecule has 1 heterocycles. The van der Waals surface area contributed by atoms with Gasteiger partial charge in [-0.2, -0.15) is 0 Å². The quantitative estimate of drug-likeness (QED) is 0.317. The Labute approximate surface area is 178 Å². The largest absolute Gasteiger partial charge is 0.494 e. The first-order chi connectivity index (χ1) is 15.0. The summed E-state index contributed by atoms with van der Waals surface area (Å²) in [6, 6.07) is 15.9. The predicted molar refractivity (Wildman–Crippen MR) is 113 cm³/mol. The topological polar surface area (TPSA) is 61.8 Å². The van der Waals surface area contributed by atoms with Gasteiger partial charge in [-0.05, 0) is 61.9 Å². The van der Waals surface area contributed by atoms with E-state index in [0.29, 0.717) is 23.5 Å². The monoisotopic (exact) mass is 418 g/mol. The minimum absolute atomic E-state index is 0.167. The van der Waals surface area contributed by atoms with Crippen molar-refractivity contribution in [2.24, 2.45) is 0 Å². The number of ether oxygens (including phenoxy) is 3. The van der Waals surface area contributed by atoms with Crippen molar-refractivity contribution in [2.75, 3.05) is 6.61 Å². The zero-order valence-corrected chi connectivity index (χ0v) is 17.0. The van der Waals surface area contributed by atoms with Crippen LogP contribution in [0.2, 0.25) is 0 Å². The molecule has 1 aliphatic rings. The number of esters is 1. The van der Waals surface area contributed by atoms with Gasteiger partial charge in [0.15, 0.2) is 5.76 Å². The molecule has 5 nitrogen and oxygen atoms in total. The summed E-state index contributed by atoms with van der Waals surface area (Å²) in [5.41, 5.74) is 1.46. The number of carbonyl (C=O) groups is 2. The van der Waals surface area contributed by atoms with Crippen molar-refractivity contribution in [3.05, 3.63) is 94.5 Å². The lowest BCUT2D eigenvalue weighted by atomic mass is 10.1. The fourth-order valence-corrected chi connectivity index (χ4v) is 3.24. The Morgan fingerprint density at radius 1 is 1.06 bits per heavy atom. The fourth-order valence-electron chi connectivity index (χ4n) is 3.24. The van der Waals surface area contributed by atoms with Crippen LogP contribution >= 0.6 is 0 Å². The van der Waals surface area contributed by atoms with E-state index in [-0.39, 0.29) is 22.9 Å². The third-order valence-corrected chi connectivity index (χ3v) is 4.82. The number of Topliss-reactive ketones (excluding diaryl/α,β-unsaturated/α-hetero) is 1. The molecule has 6 heteroatoms. The van der Waals surface area contributed by atoms with Crippen LogP contribution in [0.25, 0.3) is 6.08 Å². The number of hydrogen-bond donors (Lipinski definition) is 0. The highest BCUT2D eigenvalue weighted by molar-refractivity contribution is 6.15. The van der Waals surface area contributed by atoms with E-state index in [9.17, 15) is 14.0 Å². The molecular formula is C25H19FO5. The molecule has 0 saturated carbocycles. The number of allylic oxidation sites excluding steroid dienone is 1. The molecule has 0 atom stereocenters. The maximum absolute atomic E-state index is 13.9. The Hall–Kier alpha value is -3.93. The Morgan fingerprint density at radius 3 is 2.52 bits per heavy atom. The van der Waals surface area contributed by atoms with Crippen LogP contribution in [0.15, 0.2) is 66.4 Å². The van der Waals surface area contributed by atoms with Crippen LogP contribution < -0.4 is 14.2 Å². The standard InChI is InChI=1S/C25H19FO5/c1-3-29-17-10-8-16(9-11-17)14-22-23(27)19-12-13-21(15(2)24(19)30-22)31-25(28)18-6-4-5-7-20(18)26/h4-14H,3H2,1-2H3/b22-14-. The fraction of sp³-hybridized carbons (Fsp3) is 0.120. The van der Waals surface area contributed by atoms with Crippen molar-refractivity contribution >= 4 is 17.8 Å². The van der Waals surface area contributed by atoms with Crippen LogP contribution in [0.4, 0.5) is 4.39 Å². The van der Waals surface area contributed by atoms with E-state index in [1.165, 1.54) is 30.3 Å². The van der Waals surface area contributed by atoms with Gasteiger partial charge in [0, 0.05) is 5.56 Å². The number of ketones is 1. The normalized spacial score (nSPS) is 13.6. The summed E-state index contributed by atoms with van der Waals surface area (Å²) >= 11 is 0. The Morgan fingerprint density at radius 2 is 1.81 bits per heavy atom. The number of fused-ring (bicyclic) bond motifs is 1. The number of benzene rings is 3. The van der Waals surface area contributed by atoms with Crippen molar-refractivity contribution in [3.8, 4) is 17.2 Å². The van der Waals surface area contributed by atoms with Crippen LogP contribution in [0.3, 0.4) is 0 Å². The molecule has 3 aromatic carbocycles. The van der Waals surface area contributed by atoms with Crippen LogP contribution in [-0.4, -0.2) is 18.4 Å². The zero-order valence-electron chi connectivity index (χ0n) is 17.0. The average Bonchev–Trinajstić information content (AvgIpc) is 3.08. The lowest BCUT2D eigenvalue weighted by Crippen LogP contribution is -2.11. The molecule has 0 N–H and O–H groups in total. The lowest BCUT2D eigenvalue weighted by Gasteiger charge is -2.10. The summed E-state index contributed by atoms with van der Waals surface area (Å²) in [5.74, 6) is -0.334. The molecule has 0 aliphatic carbocycles. The van der Waals surface area contributed by atoms with Crippen LogP contribution in [0.5, 0.6) is 17.2 Å². The molecule has 0 fully saturated rings. The number of halogens is 1. The molecule has 3 aromatic rings. The molecule has 31 heavy (non-hydrogen) atoms. The van der Waals surface area contributed by atoms with Gasteiger partial charge in [0.05, 0.1) is 17.7 Å². The third kappa shape index (κ3) is 4.05.